The molecule has 7 aromatic rings. The summed E-state index contributed by atoms with van der Waals surface area (Å²) >= 11 is 10.9. The molecule has 0 fully saturated rings. The van der Waals surface area contributed by atoms with Gasteiger partial charge in [0, 0.05) is 57.7 Å². The molecule has 53 heavy (non-hydrogen) atoms. The highest BCUT2D eigenvalue weighted by Gasteiger charge is 2.19. The Labute approximate surface area is 331 Å². The quantitative estimate of drug-likeness (QED) is 0.181. The fourth-order valence-electron chi connectivity index (χ4n) is 7.03. The Kier molecular flexibility index (Phi) is 8.82. The summed E-state index contributed by atoms with van der Waals surface area (Å²) in [6, 6.07) is 41.9. The van der Waals surface area contributed by atoms with Gasteiger partial charge in [-0.15, -0.1) is 0 Å². The van der Waals surface area contributed by atoms with Gasteiger partial charge in [0.2, 0.25) is 0 Å². The number of H-pyrrole nitrogens is 2. The molecular formula is C45H29Br3N4O. The first-order valence-electron chi connectivity index (χ1n) is 17.0. The van der Waals surface area contributed by atoms with E-state index in [1.165, 1.54) is 0 Å². The smallest absolute Gasteiger partial charge is 0.118 e. The standard InChI is InChI=1S/C45H29Br3N4O/c1-53-33-16-8-29(9-17-33)45-40-24-22-38(51-40)43(27-4-12-31(47)13-5-27)36-20-18-34(49-36)42(26-2-10-30(46)11-3-26)35-19-21-37(50-35)44(39-23-25-41(45)52-39)28-6-14-32(48)15-7-28/h2-25,49,52H,1H3. The Morgan fingerprint density at radius 3 is 0.906 bits per heavy atom. The zero-order valence-electron chi connectivity index (χ0n) is 28.3. The predicted molar refractivity (Wildman–Crippen MR) is 230 cm³/mol. The molecule has 0 saturated carbocycles. The van der Waals surface area contributed by atoms with E-state index in [1.54, 1.807) is 7.11 Å². The number of hydrogen-bond acceptors (Lipinski definition) is 3. The number of ether oxygens (including phenoxy) is 1. The highest BCUT2D eigenvalue weighted by molar-refractivity contribution is 9.11. The molecule has 5 nitrogen and oxygen atoms in total. The van der Waals surface area contributed by atoms with Gasteiger partial charge in [-0.1, -0.05) is 96.3 Å². The van der Waals surface area contributed by atoms with E-state index in [2.05, 4.69) is 191 Å². The zero-order chi connectivity index (χ0) is 36.1. The summed E-state index contributed by atoms with van der Waals surface area (Å²) in [6.07, 6.45) is 8.46. The third kappa shape index (κ3) is 6.41. The SMILES string of the molecule is COc1ccc(-c2c3nc(c(-c4ccc(Br)cc4)c4ccc([nH]4)c(-c4ccc(Br)cc4)c4nc(c(-c5ccc(Br)cc5)c5ccc2[nH]5)C=C4)C=C3)cc1. The van der Waals surface area contributed by atoms with E-state index >= 15 is 0 Å². The van der Waals surface area contributed by atoms with Crippen molar-refractivity contribution in [3.05, 3.63) is 158 Å². The first-order valence-corrected chi connectivity index (χ1v) is 19.4. The molecule has 0 saturated heterocycles. The van der Waals surface area contributed by atoms with E-state index in [-0.39, 0.29) is 0 Å². The second-order valence-electron chi connectivity index (χ2n) is 12.8. The minimum absolute atomic E-state index is 0.794. The van der Waals surface area contributed by atoms with Gasteiger partial charge in [-0.3, -0.25) is 0 Å². The first-order chi connectivity index (χ1) is 25.9. The third-order valence-electron chi connectivity index (χ3n) is 9.53. The minimum Gasteiger partial charge on any atom is -0.497 e. The second-order valence-corrected chi connectivity index (χ2v) is 15.5. The van der Waals surface area contributed by atoms with Crippen LogP contribution in [0.3, 0.4) is 0 Å². The van der Waals surface area contributed by atoms with Crippen LogP contribution in [0, 0.1) is 0 Å². The van der Waals surface area contributed by atoms with E-state index < -0.39 is 0 Å². The van der Waals surface area contributed by atoms with Crippen molar-refractivity contribution in [2.45, 2.75) is 0 Å². The van der Waals surface area contributed by atoms with Gasteiger partial charge in [-0.05, 0) is 119 Å². The van der Waals surface area contributed by atoms with Crippen LogP contribution >= 0.6 is 47.8 Å². The lowest BCUT2D eigenvalue weighted by Gasteiger charge is -2.08. The summed E-state index contributed by atoms with van der Waals surface area (Å²) in [5.41, 5.74) is 15.4. The molecular weight excluding hydrogens is 852 g/mol. The monoisotopic (exact) mass is 878 g/mol. The summed E-state index contributed by atoms with van der Waals surface area (Å²) in [5, 5.41) is 0. The molecule has 5 heterocycles. The number of fused-ring (bicyclic) bond motifs is 8. The van der Waals surface area contributed by atoms with Crippen molar-refractivity contribution < 1.29 is 4.74 Å². The van der Waals surface area contributed by atoms with E-state index in [0.29, 0.717) is 0 Å². The van der Waals surface area contributed by atoms with E-state index in [0.717, 1.165) is 109 Å². The number of aromatic nitrogens is 4. The molecule has 8 bridgehead atoms. The fraction of sp³-hybridized carbons (Fsp3) is 0.0222. The molecule has 8 heteroatoms. The highest BCUT2D eigenvalue weighted by Crippen LogP contribution is 2.39. The van der Waals surface area contributed by atoms with E-state index in [9.17, 15) is 0 Å². The number of nitrogens with zero attached hydrogens (tertiary/aromatic N) is 2. The van der Waals surface area contributed by atoms with Crippen LogP contribution in [0.25, 0.3) is 90.9 Å². The van der Waals surface area contributed by atoms with Gasteiger partial charge in [-0.25, -0.2) is 9.97 Å². The Morgan fingerprint density at radius 2 is 0.642 bits per heavy atom. The molecule has 0 radical (unpaired) electrons. The normalized spacial score (nSPS) is 12.0. The summed E-state index contributed by atoms with van der Waals surface area (Å²) < 4.78 is 8.57. The minimum atomic E-state index is 0.794. The van der Waals surface area contributed by atoms with Crippen LogP contribution in [0.15, 0.2) is 135 Å². The molecule has 2 aliphatic heterocycles. The Balaban J connectivity index is 1.46. The maximum atomic E-state index is 5.52. The van der Waals surface area contributed by atoms with Gasteiger partial charge < -0.3 is 14.7 Å². The van der Waals surface area contributed by atoms with Crippen molar-refractivity contribution in [2.75, 3.05) is 7.11 Å². The summed E-state index contributed by atoms with van der Waals surface area (Å²) in [5.74, 6) is 0.794. The number of hydrogen-bond donors (Lipinski definition) is 2. The Morgan fingerprint density at radius 1 is 0.377 bits per heavy atom. The van der Waals surface area contributed by atoms with Crippen molar-refractivity contribution in [2.24, 2.45) is 0 Å². The van der Waals surface area contributed by atoms with Crippen LogP contribution in [-0.2, 0) is 0 Å². The number of halogens is 3. The molecule has 256 valence electrons. The van der Waals surface area contributed by atoms with Crippen molar-refractivity contribution in [1.29, 1.82) is 0 Å². The molecule has 0 amide bonds. The second kappa shape index (κ2) is 13.9. The van der Waals surface area contributed by atoms with Gasteiger partial charge in [-0.2, -0.15) is 0 Å². The molecule has 2 aliphatic rings. The maximum absolute atomic E-state index is 5.52. The lowest BCUT2D eigenvalue weighted by molar-refractivity contribution is 0.415. The van der Waals surface area contributed by atoms with Crippen LogP contribution in [0.1, 0.15) is 22.8 Å². The number of methoxy groups -OCH3 is 1. The van der Waals surface area contributed by atoms with E-state index in [1.807, 2.05) is 12.1 Å². The van der Waals surface area contributed by atoms with Crippen LogP contribution in [0.2, 0.25) is 0 Å². The molecule has 3 aromatic heterocycles. The van der Waals surface area contributed by atoms with Crippen LogP contribution in [0.5, 0.6) is 5.75 Å². The van der Waals surface area contributed by atoms with Crippen molar-refractivity contribution in [3.8, 4) is 50.3 Å². The van der Waals surface area contributed by atoms with Gasteiger partial charge >= 0.3 is 0 Å². The lowest BCUT2D eigenvalue weighted by Crippen LogP contribution is -1.90. The fourth-order valence-corrected chi connectivity index (χ4v) is 7.82. The number of aromatic amines is 2. The average Bonchev–Trinajstić information content (AvgIpc) is 4.02. The average molecular weight is 881 g/mol. The molecule has 0 aliphatic carbocycles. The first kappa shape index (κ1) is 33.5. The molecule has 2 N–H and O–H groups in total. The van der Waals surface area contributed by atoms with E-state index in [4.69, 9.17) is 14.7 Å². The molecule has 4 aromatic carbocycles. The molecule has 0 atom stereocenters. The van der Waals surface area contributed by atoms with Crippen LogP contribution in [0.4, 0.5) is 0 Å². The summed E-state index contributed by atoms with van der Waals surface area (Å²) in [6.45, 7) is 0. The Bertz CT molecular complexity index is 2720. The van der Waals surface area contributed by atoms with Gasteiger partial charge in [0.25, 0.3) is 0 Å². The number of benzene rings is 4. The third-order valence-corrected chi connectivity index (χ3v) is 11.1. The lowest BCUT2D eigenvalue weighted by atomic mass is 10.0. The summed E-state index contributed by atoms with van der Waals surface area (Å²) in [7, 11) is 1.68. The highest BCUT2D eigenvalue weighted by atomic mass is 79.9. The molecule has 0 unspecified atom stereocenters. The van der Waals surface area contributed by atoms with Gasteiger partial charge in [0.05, 0.1) is 29.9 Å². The van der Waals surface area contributed by atoms with Gasteiger partial charge in [0.15, 0.2) is 0 Å². The number of nitrogens with one attached hydrogen (secondary N) is 2. The molecule has 0 spiro atoms. The van der Waals surface area contributed by atoms with Crippen LogP contribution < -0.4 is 4.74 Å². The largest absolute Gasteiger partial charge is 0.497 e. The zero-order valence-corrected chi connectivity index (χ0v) is 33.1. The van der Waals surface area contributed by atoms with Crippen molar-refractivity contribution >= 4 is 94.2 Å². The van der Waals surface area contributed by atoms with Crippen molar-refractivity contribution in [1.82, 2.24) is 19.9 Å². The Hall–Kier alpha value is -5.28. The number of rotatable bonds is 5. The summed E-state index contributed by atoms with van der Waals surface area (Å²) in [4.78, 5) is 18.4. The van der Waals surface area contributed by atoms with Crippen LogP contribution in [-0.4, -0.2) is 27.0 Å². The predicted octanol–water partition coefficient (Wildman–Crippen LogP) is 13.6. The molecule has 9 rings (SSSR count). The van der Waals surface area contributed by atoms with Gasteiger partial charge in [0.1, 0.15) is 5.75 Å². The maximum Gasteiger partial charge on any atom is 0.118 e. The topological polar surface area (TPSA) is 66.6 Å². The van der Waals surface area contributed by atoms with Crippen molar-refractivity contribution in [3.63, 3.8) is 0 Å².